The first kappa shape index (κ1) is 20.6. The van der Waals surface area contributed by atoms with Crippen LogP contribution in [-0.4, -0.2) is 38.5 Å². The van der Waals surface area contributed by atoms with Crippen LogP contribution in [0.15, 0.2) is 36.4 Å². The van der Waals surface area contributed by atoms with Crippen molar-refractivity contribution < 1.29 is 23.7 Å². The maximum atomic E-state index is 12.6. The molecule has 6 nitrogen and oxygen atoms in total. The molecule has 0 spiro atoms. The Morgan fingerprint density at radius 2 is 1.72 bits per heavy atom. The molecule has 0 unspecified atom stereocenters. The van der Waals surface area contributed by atoms with Crippen LogP contribution in [-0.2, 0) is 17.7 Å². The van der Waals surface area contributed by atoms with E-state index in [4.69, 9.17) is 18.9 Å². The van der Waals surface area contributed by atoms with Gasteiger partial charge < -0.3 is 23.5 Å². The second-order valence-corrected chi connectivity index (χ2v) is 6.65. The van der Waals surface area contributed by atoms with Crippen LogP contribution >= 0.6 is 0 Å². The molecule has 0 bridgehead atoms. The van der Waals surface area contributed by atoms with Crippen molar-refractivity contribution >= 4 is 16.9 Å². The van der Waals surface area contributed by atoms with Crippen LogP contribution in [0.5, 0.6) is 17.2 Å². The third-order valence-corrected chi connectivity index (χ3v) is 5.08. The van der Waals surface area contributed by atoms with Crippen molar-refractivity contribution in [3.63, 3.8) is 0 Å². The molecule has 0 aliphatic carbocycles. The van der Waals surface area contributed by atoms with Gasteiger partial charge in [0.1, 0.15) is 5.75 Å². The van der Waals surface area contributed by atoms with E-state index < -0.39 is 0 Å². The Morgan fingerprint density at radius 3 is 2.38 bits per heavy atom. The van der Waals surface area contributed by atoms with Crippen LogP contribution in [0.25, 0.3) is 10.9 Å². The Labute approximate surface area is 170 Å². The number of rotatable bonds is 8. The molecule has 0 radical (unpaired) electrons. The standard InChI is InChI=1S/C23H27NO5/c1-6-29-23(25)22-15(2)24(19-9-8-17(26-3)14-18(19)22)12-11-16-7-10-20(27-4)21(13-16)28-5/h7-10,13-14H,6,11-12H2,1-5H3. The average molecular weight is 397 g/mol. The monoisotopic (exact) mass is 397 g/mol. The summed E-state index contributed by atoms with van der Waals surface area (Å²) in [6.07, 6.45) is 0.777. The lowest BCUT2D eigenvalue weighted by atomic mass is 10.1. The summed E-state index contributed by atoms with van der Waals surface area (Å²) < 4.78 is 23.5. The summed E-state index contributed by atoms with van der Waals surface area (Å²) in [6.45, 7) is 4.81. The van der Waals surface area contributed by atoms with Crippen molar-refractivity contribution in [1.29, 1.82) is 0 Å². The quantitative estimate of drug-likeness (QED) is 0.528. The molecule has 0 saturated carbocycles. The third kappa shape index (κ3) is 4.01. The third-order valence-electron chi connectivity index (χ3n) is 5.08. The number of ether oxygens (including phenoxy) is 4. The highest BCUT2D eigenvalue weighted by Crippen LogP contribution is 2.31. The number of methoxy groups -OCH3 is 3. The Bertz CT molecular complexity index is 1020. The molecular formula is C23H27NO5. The van der Waals surface area contributed by atoms with Gasteiger partial charge in [-0.1, -0.05) is 6.07 Å². The van der Waals surface area contributed by atoms with E-state index in [0.717, 1.165) is 28.6 Å². The highest BCUT2D eigenvalue weighted by molar-refractivity contribution is 6.06. The van der Waals surface area contributed by atoms with E-state index in [9.17, 15) is 4.79 Å². The van der Waals surface area contributed by atoms with Gasteiger partial charge in [0, 0.05) is 23.1 Å². The molecule has 0 aliphatic heterocycles. The number of aromatic nitrogens is 1. The van der Waals surface area contributed by atoms with E-state index in [1.807, 2.05) is 50.2 Å². The number of benzene rings is 2. The summed E-state index contributed by atoms with van der Waals surface area (Å²) >= 11 is 0. The smallest absolute Gasteiger partial charge is 0.340 e. The Morgan fingerprint density at radius 1 is 0.966 bits per heavy atom. The van der Waals surface area contributed by atoms with E-state index in [2.05, 4.69) is 4.57 Å². The van der Waals surface area contributed by atoms with Gasteiger partial charge in [-0.15, -0.1) is 0 Å². The first-order valence-corrected chi connectivity index (χ1v) is 9.58. The van der Waals surface area contributed by atoms with Crippen LogP contribution in [0.3, 0.4) is 0 Å². The van der Waals surface area contributed by atoms with E-state index in [-0.39, 0.29) is 5.97 Å². The van der Waals surface area contributed by atoms with Crippen molar-refractivity contribution in [3.8, 4) is 17.2 Å². The fraction of sp³-hybridized carbons (Fsp3) is 0.348. The number of hydrogen-bond donors (Lipinski definition) is 0. The maximum absolute atomic E-state index is 12.6. The van der Waals surface area contributed by atoms with Crippen LogP contribution in [0.1, 0.15) is 28.5 Å². The fourth-order valence-corrected chi connectivity index (χ4v) is 3.61. The van der Waals surface area contributed by atoms with E-state index in [1.54, 1.807) is 21.3 Å². The zero-order chi connectivity index (χ0) is 21.0. The highest BCUT2D eigenvalue weighted by Gasteiger charge is 2.21. The number of aryl methyl sites for hydroxylation is 2. The van der Waals surface area contributed by atoms with Gasteiger partial charge in [0.25, 0.3) is 0 Å². The minimum atomic E-state index is -0.312. The molecule has 3 rings (SSSR count). The van der Waals surface area contributed by atoms with Crippen LogP contribution < -0.4 is 14.2 Å². The van der Waals surface area contributed by atoms with Gasteiger partial charge in [-0.05, 0) is 56.2 Å². The molecule has 0 N–H and O–H groups in total. The van der Waals surface area contributed by atoms with Crippen molar-refractivity contribution in [2.24, 2.45) is 0 Å². The predicted octanol–water partition coefficient (Wildman–Crippen LogP) is 4.39. The number of nitrogens with zero attached hydrogens (tertiary/aromatic N) is 1. The normalized spacial score (nSPS) is 10.8. The molecule has 0 atom stereocenters. The molecular weight excluding hydrogens is 370 g/mol. The number of hydrogen-bond acceptors (Lipinski definition) is 5. The van der Waals surface area contributed by atoms with Crippen molar-refractivity contribution in [1.82, 2.24) is 4.57 Å². The van der Waals surface area contributed by atoms with E-state index >= 15 is 0 Å². The summed E-state index contributed by atoms with van der Waals surface area (Å²) in [6, 6.07) is 11.7. The van der Waals surface area contributed by atoms with Gasteiger partial charge in [-0.3, -0.25) is 0 Å². The number of carbonyl (C=O) groups is 1. The fourth-order valence-electron chi connectivity index (χ4n) is 3.61. The summed E-state index contributed by atoms with van der Waals surface area (Å²) in [5.74, 6) is 1.81. The second kappa shape index (κ2) is 8.90. The largest absolute Gasteiger partial charge is 0.497 e. The maximum Gasteiger partial charge on any atom is 0.340 e. The highest BCUT2D eigenvalue weighted by atomic mass is 16.5. The molecule has 1 heterocycles. The molecule has 0 fully saturated rings. The van der Waals surface area contributed by atoms with Gasteiger partial charge >= 0.3 is 5.97 Å². The molecule has 1 aromatic heterocycles. The first-order chi connectivity index (χ1) is 14.0. The summed E-state index contributed by atoms with van der Waals surface area (Å²) in [5.41, 5.74) is 3.57. The second-order valence-electron chi connectivity index (χ2n) is 6.65. The lowest BCUT2D eigenvalue weighted by molar-refractivity contribution is 0.0527. The van der Waals surface area contributed by atoms with Crippen molar-refractivity contribution in [2.45, 2.75) is 26.8 Å². The lowest BCUT2D eigenvalue weighted by Gasteiger charge is -2.12. The number of carbonyl (C=O) groups excluding carboxylic acids is 1. The van der Waals surface area contributed by atoms with Crippen LogP contribution in [0, 0.1) is 6.92 Å². The Balaban J connectivity index is 1.99. The van der Waals surface area contributed by atoms with Crippen molar-refractivity contribution in [2.75, 3.05) is 27.9 Å². The van der Waals surface area contributed by atoms with Crippen LogP contribution in [0.4, 0.5) is 0 Å². The first-order valence-electron chi connectivity index (χ1n) is 9.58. The van der Waals surface area contributed by atoms with Crippen molar-refractivity contribution in [3.05, 3.63) is 53.2 Å². The SMILES string of the molecule is CCOC(=O)c1c(C)n(CCc2ccc(OC)c(OC)c2)c2ccc(OC)cc12. The number of esters is 1. The molecule has 0 amide bonds. The Kier molecular flexibility index (Phi) is 6.32. The Hall–Kier alpha value is -3.15. The number of fused-ring (bicyclic) bond motifs is 1. The summed E-state index contributed by atoms with van der Waals surface area (Å²) in [4.78, 5) is 12.6. The molecule has 154 valence electrons. The molecule has 0 aliphatic rings. The average Bonchev–Trinajstić information content (AvgIpc) is 3.02. The van der Waals surface area contributed by atoms with Gasteiger partial charge in [-0.2, -0.15) is 0 Å². The predicted molar refractivity (Wildman–Crippen MR) is 112 cm³/mol. The minimum absolute atomic E-state index is 0.312. The summed E-state index contributed by atoms with van der Waals surface area (Å²) in [5, 5.41) is 0.840. The lowest BCUT2D eigenvalue weighted by Crippen LogP contribution is -2.08. The topological polar surface area (TPSA) is 58.9 Å². The van der Waals surface area contributed by atoms with E-state index in [1.165, 1.54) is 0 Å². The van der Waals surface area contributed by atoms with Gasteiger partial charge in [0.2, 0.25) is 0 Å². The van der Waals surface area contributed by atoms with Crippen LogP contribution in [0.2, 0.25) is 0 Å². The zero-order valence-electron chi connectivity index (χ0n) is 17.6. The molecule has 0 saturated heterocycles. The van der Waals surface area contributed by atoms with Gasteiger partial charge in [0.05, 0.1) is 33.5 Å². The van der Waals surface area contributed by atoms with E-state index in [0.29, 0.717) is 36.0 Å². The molecule has 2 aromatic carbocycles. The zero-order valence-corrected chi connectivity index (χ0v) is 17.6. The van der Waals surface area contributed by atoms with Gasteiger partial charge in [-0.25, -0.2) is 4.79 Å². The minimum Gasteiger partial charge on any atom is -0.497 e. The van der Waals surface area contributed by atoms with Gasteiger partial charge in [0.15, 0.2) is 11.5 Å². The molecule has 6 heteroatoms. The molecule has 29 heavy (non-hydrogen) atoms. The molecule has 3 aromatic rings. The summed E-state index contributed by atoms with van der Waals surface area (Å²) in [7, 11) is 4.87.